The molecule has 0 aromatic heterocycles. The highest BCUT2D eigenvalue weighted by Crippen LogP contribution is 2.46. The lowest BCUT2D eigenvalue weighted by Gasteiger charge is -2.34. The second kappa shape index (κ2) is 9.54. The Labute approximate surface area is 192 Å². The number of benzene rings is 2. The molecule has 0 fully saturated rings. The van der Waals surface area contributed by atoms with Gasteiger partial charge < -0.3 is 14.7 Å². The Bertz CT molecular complexity index is 1130. The first kappa shape index (κ1) is 24.1. The van der Waals surface area contributed by atoms with Crippen LogP contribution in [0.2, 0.25) is 0 Å². The van der Waals surface area contributed by atoms with Gasteiger partial charge in [-0.3, -0.25) is 0 Å². The fraction of sp³-hybridized carbons (Fsp3) is 0.348. The van der Waals surface area contributed by atoms with Crippen molar-refractivity contribution in [2.45, 2.75) is 36.5 Å². The van der Waals surface area contributed by atoms with Crippen LogP contribution in [0, 0.1) is 5.41 Å². The molecule has 1 aliphatic rings. The standard InChI is InChI=1S/C23H26FNO5S2/c1-4-10-23(2)14-25(16-8-6-5-7-9-16)18-11-20(31-3)19(30-13-17(24)22(26)27)12-21(18)32(28,29)15-23/h5-9,11-13H,4,10,14-15H2,1-3H3,(H,26,27)/b17-13-/t23-/m1/s1. The second-order valence-electron chi connectivity index (χ2n) is 8.10. The number of ether oxygens (including phenoxy) is 1. The van der Waals surface area contributed by atoms with Crippen molar-refractivity contribution in [3.8, 4) is 5.75 Å². The Morgan fingerprint density at radius 3 is 2.59 bits per heavy atom. The lowest BCUT2D eigenvalue weighted by atomic mass is 9.87. The lowest BCUT2D eigenvalue weighted by Crippen LogP contribution is -2.35. The van der Waals surface area contributed by atoms with Crippen molar-refractivity contribution in [3.05, 3.63) is 54.6 Å². The Hall–Kier alpha value is -2.52. The number of aliphatic carboxylic acids is 1. The molecule has 0 spiro atoms. The highest BCUT2D eigenvalue weighted by molar-refractivity contribution is 7.98. The lowest BCUT2D eigenvalue weighted by molar-refractivity contribution is -0.134. The molecular formula is C23H26FNO5S2. The molecule has 6 nitrogen and oxygen atoms in total. The van der Waals surface area contributed by atoms with Crippen molar-refractivity contribution in [2.75, 3.05) is 23.5 Å². The number of rotatable bonds is 7. The molecule has 172 valence electrons. The van der Waals surface area contributed by atoms with Crippen LogP contribution < -0.4 is 9.64 Å². The van der Waals surface area contributed by atoms with Crippen LogP contribution in [-0.4, -0.2) is 38.0 Å². The third-order valence-electron chi connectivity index (χ3n) is 5.36. The largest absolute Gasteiger partial charge is 0.476 e. The number of nitrogens with zero attached hydrogens (tertiary/aromatic N) is 1. The third-order valence-corrected chi connectivity index (χ3v) is 8.20. The fourth-order valence-electron chi connectivity index (χ4n) is 4.05. The van der Waals surface area contributed by atoms with Crippen molar-refractivity contribution in [3.63, 3.8) is 0 Å². The smallest absolute Gasteiger partial charge is 0.368 e. The molecule has 0 aliphatic carbocycles. The van der Waals surface area contributed by atoms with E-state index in [2.05, 4.69) is 0 Å². The molecule has 0 amide bonds. The average molecular weight is 480 g/mol. The molecule has 1 aliphatic heterocycles. The van der Waals surface area contributed by atoms with Crippen molar-refractivity contribution in [1.29, 1.82) is 0 Å². The summed E-state index contributed by atoms with van der Waals surface area (Å²) < 4.78 is 45.7. The predicted molar refractivity (Wildman–Crippen MR) is 124 cm³/mol. The quantitative estimate of drug-likeness (QED) is 0.323. The normalized spacial score (nSPS) is 20.4. The number of carboxylic acids is 1. The van der Waals surface area contributed by atoms with E-state index in [0.29, 0.717) is 23.4 Å². The first-order valence-electron chi connectivity index (χ1n) is 10.1. The number of para-hydroxylation sites is 1. The minimum absolute atomic E-state index is 0.0401. The molecule has 0 radical (unpaired) electrons. The number of sulfone groups is 1. The van der Waals surface area contributed by atoms with Crippen LogP contribution >= 0.6 is 11.8 Å². The zero-order chi connectivity index (χ0) is 23.5. The van der Waals surface area contributed by atoms with Crippen LogP contribution in [0.25, 0.3) is 0 Å². The molecule has 0 saturated carbocycles. The summed E-state index contributed by atoms with van der Waals surface area (Å²) in [5.41, 5.74) is 0.902. The van der Waals surface area contributed by atoms with Gasteiger partial charge >= 0.3 is 5.97 Å². The van der Waals surface area contributed by atoms with Crippen LogP contribution in [-0.2, 0) is 14.6 Å². The van der Waals surface area contributed by atoms with Gasteiger partial charge in [-0.15, -0.1) is 11.8 Å². The molecule has 32 heavy (non-hydrogen) atoms. The van der Waals surface area contributed by atoms with E-state index in [1.807, 2.05) is 49.1 Å². The molecular weight excluding hydrogens is 453 g/mol. The summed E-state index contributed by atoms with van der Waals surface area (Å²) >= 11 is 1.30. The maximum atomic E-state index is 13.5. The van der Waals surface area contributed by atoms with Crippen molar-refractivity contribution >= 4 is 38.9 Å². The number of halogens is 1. The number of anilines is 2. The van der Waals surface area contributed by atoms with E-state index in [4.69, 9.17) is 9.84 Å². The van der Waals surface area contributed by atoms with Gasteiger partial charge in [-0.05, 0) is 36.3 Å². The number of hydrogen-bond donors (Lipinski definition) is 1. The van der Waals surface area contributed by atoms with E-state index in [9.17, 15) is 17.6 Å². The van der Waals surface area contributed by atoms with E-state index < -0.39 is 27.0 Å². The monoisotopic (exact) mass is 479 g/mol. The number of hydrogen-bond acceptors (Lipinski definition) is 6. The maximum absolute atomic E-state index is 13.5. The minimum Gasteiger partial charge on any atom is -0.476 e. The number of thioether (sulfide) groups is 1. The van der Waals surface area contributed by atoms with Crippen LogP contribution in [0.3, 0.4) is 0 Å². The summed E-state index contributed by atoms with van der Waals surface area (Å²) in [6.45, 7) is 4.52. The Morgan fingerprint density at radius 2 is 2.00 bits per heavy atom. The molecule has 1 N–H and O–H groups in total. The Balaban J connectivity index is 2.23. The summed E-state index contributed by atoms with van der Waals surface area (Å²) in [5.74, 6) is -3.19. The average Bonchev–Trinajstić information content (AvgIpc) is 2.83. The van der Waals surface area contributed by atoms with Gasteiger partial charge in [-0.1, -0.05) is 38.5 Å². The molecule has 0 saturated heterocycles. The van der Waals surface area contributed by atoms with E-state index in [1.165, 1.54) is 17.8 Å². The summed E-state index contributed by atoms with van der Waals surface area (Å²) in [5, 5.41) is 8.74. The van der Waals surface area contributed by atoms with Gasteiger partial charge in [0.25, 0.3) is 0 Å². The first-order chi connectivity index (χ1) is 15.1. The molecule has 1 heterocycles. The number of carbonyl (C=O) groups is 1. The molecule has 9 heteroatoms. The highest BCUT2D eigenvalue weighted by Gasteiger charge is 2.40. The summed E-state index contributed by atoms with van der Waals surface area (Å²) in [4.78, 5) is 13.4. The second-order valence-corrected chi connectivity index (χ2v) is 10.9. The molecule has 1 atom stereocenters. The van der Waals surface area contributed by atoms with Gasteiger partial charge in [0.15, 0.2) is 9.84 Å². The molecule has 2 aromatic carbocycles. The zero-order valence-corrected chi connectivity index (χ0v) is 19.8. The fourth-order valence-corrected chi connectivity index (χ4v) is 6.67. The van der Waals surface area contributed by atoms with Crippen LogP contribution in [0.4, 0.5) is 15.8 Å². The molecule has 0 bridgehead atoms. The third kappa shape index (κ3) is 5.10. The van der Waals surface area contributed by atoms with Crippen molar-refractivity contribution in [2.24, 2.45) is 5.41 Å². The van der Waals surface area contributed by atoms with Gasteiger partial charge in [0.1, 0.15) is 12.0 Å². The summed E-state index contributed by atoms with van der Waals surface area (Å²) in [6, 6.07) is 12.7. The predicted octanol–water partition coefficient (Wildman–Crippen LogP) is 5.41. The van der Waals surface area contributed by atoms with E-state index >= 15 is 0 Å². The molecule has 2 aromatic rings. The Kier molecular flexibility index (Phi) is 7.19. The van der Waals surface area contributed by atoms with Gasteiger partial charge in [-0.2, -0.15) is 4.39 Å². The van der Waals surface area contributed by atoms with Gasteiger partial charge in [-0.25, -0.2) is 13.2 Å². The molecule has 3 rings (SSSR count). The van der Waals surface area contributed by atoms with Gasteiger partial charge in [0.05, 0.1) is 21.2 Å². The maximum Gasteiger partial charge on any atom is 0.368 e. The van der Waals surface area contributed by atoms with Crippen molar-refractivity contribution in [1.82, 2.24) is 0 Å². The first-order valence-corrected chi connectivity index (χ1v) is 13.0. The zero-order valence-electron chi connectivity index (χ0n) is 18.2. The minimum atomic E-state index is -3.71. The van der Waals surface area contributed by atoms with Gasteiger partial charge in [0, 0.05) is 18.3 Å². The SMILES string of the molecule is CCC[C@]1(C)CN(c2ccccc2)c2cc(SC)c(O/C=C(\F)C(=O)O)cc2S(=O)(=O)C1. The van der Waals surface area contributed by atoms with Gasteiger partial charge in [0.2, 0.25) is 5.83 Å². The van der Waals surface area contributed by atoms with Crippen LogP contribution in [0.15, 0.2) is 64.3 Å². The van der Waals surface area contributed by atoms with Crippen LogP contribution in [0.1, 0.15) is 26.7 Å². The summed E-state index contributed by atoms with van der Waals surface area (Å²) in [7, 11) is -3.71. The topological polar surface area (TPSA) is 83.9 Å². The summed E-state index contributed by atoms with van der Waals surface area (Å²) in [6.07, 6.45) is 3.83. The molecule has 0 unspecified atom stereocenters. The van der Waals surface area contributed by atoms with E-state index in [0.717, 1.165) is 18.5 Å². The number of fused-ring (bicyclic) bond motifs is 1. The van der Waals surface area contributed by atoms with E-state index in [1.54, 1.807) is 12.3 Å². The van der Waals surface area contributed by atoms with Crippen LogP contribution in [0.5, 0.6) is 5.75 Å². The highest BCUT2D eigenvalue weighted by atomic mass is 32.2. The van der Waals surface area contributed by atoms with Crippen molar-refractivity contribution < 1.29 is 27.4 Å². The Morgan fingerprint density at radius 1 is 1.31 bits per heavy atom. The van der Waals surface area contributed by atoms with E-state index in [-0.39, 0.29) is 16.4 Å². The number of carboxylic acid groups (broad SMARTS) is 1.